The number of nitro benzene ring substituents is 1. The Balaban J connectivity index is 1.84. The first-order chi connectivity index (χ1) is 11.7. The molecule has 0 aromatic heterocycles. The van der Waals surface area contributed by atoms with Crippen LogP contribution in [0.2, 0.25) is 0 Å². The van der Waals surface area contributed by atoms with Gasteiger partial charge in [-0.05, 0) is 24.3 Å². The molecule has 0 N–H and O–H groups in total. The van der Waals surface area contributed by atoms with Crippen molar-refractivity contribution in [3.63, 3.8) is 0 Å². The van der Waals surface area contributed by atoms with Crippen molar-refractivity contribution in [3.8, 4) is 17.2 Å². The predicted molar refractivity (Wildman–Crippen MR) is 79.1 cm³/mol. The molecule has 130 valence electrons. The van der Waals surface area contributed by atoms with Crippen LogP contribution in [0.3, 0.4) is 0 Å². The fourth-order valence-corrected chi connectivity index (χ4v) is 2.17. The van der Waals surface area contributed by atoms with Gasteiger partial charge in [-0.1, -0.05) is 6.08 Å². The highest BCUT2D eigenvalue weighted by Gasteiger charge is 2.41. The maximum atomic E-state index is 13.8. The second-order valence-corrected chi connectivity index (χ2v) is 5.11. The Bertz CT molecular complexity index is 864. The molecule has 0 saturated heterocycles. The summed E-state index contributed by atoms with van der Waals surface area (Å²) in [6.07, 6.45) is -4.48. The SMILES string of the molecule is O=[N+]([O-])c1ccc(Oc2ccc3c(c2)OC(C(F)(F)F)C=C3)c(F)c1. The molecule has 1 atom stereocenters. The fraction of sp³-hybridized carbons (Fsp3) is 0.125. The van der Waals surface area contributed by atoms with Gasteiger partial charge in [0.25, 0.3) is 5.69 Å². The van der Waals surface area contributed by atoms with Gasteiger partial charge in [0, 0.05) is 17.7 Å². The third kappa shape index (κ3) is 3.54. The molecule has 0 radical (unpaired) electrons. The molecule has 1 aliphatic rings. The van der Waals surface area contributed by atoms with Gasteiger partial charge in [0.1, 0.15) is 11.5 Å². The van der Waals surface area contributed by atoms with Crippen molar-refractivity contribution in [2.24, 2.45) is 0 Å². The highest BCUT2D eigenvalue weighted by atomic mass is 19.4. The summed E-state index contributed by atoms with van der Waals surface area (Å²) in [7, 11) is 0. The van der Waals surface area contributed by atoms with Crippen molar-refractivity contribution in [1.82, 2.24) is 0 Å². The highest BCUT2D eigenvalue weighted by molar-refractivity contribution is 5.62. The maximum absolute atomic E-state index is 13.8. The number of nitrogens with zero attached hydrogens (tertiary/aromatic N) is 1. The zero-order chi connectivity index (χ0) is 18.2. The smallest absolute Gasteiger partial charge is 0.429 e. The molecule has 25 heavy (non-hydrogen) atoms. The van der Waals surface area contributed by atoms with E-state index in [0.717, 1.165) is 18.2 Å². The number of rotatable bonds is 3. The minimum Gasteiger partial charge on any atom is -0.476 e. The van der Waals surface area contributed by atoms with E-state index in [1.807, 2.05) is 0 Å². The molecule has 0 saturated carbocycles. The van der Waals surface area contributed by atoms with Gasteiger partial charge >= 0.3 is 6.18 Å². The van der Waals surface area contributed by atoms with Crippen LogP contribution < -0.4 is 9.47 Å². The van der Waals surface area contributed by atoms with Crippen LogP contribution in [0.4, 0.5) is 23.2 Å². The average molecular weight is 355 g/mol. The van der Waals surface area contributed by atoms with E-state index in [2.05, 4.69) is 0 Å². The zero-order valence-corrected chi connectivity index (χ0v) is 12.3. The van der Waals surface area contributed by atoms with Crippen LogP contribution in [-0.2, 0) is 0 Å². The maximum Gasteiger partial charge on any atom is 0.429 e. The summed E-state index contributed by atoms with van der Waals surface area (Å²) in [6.45, 7) is 0. The Labute approximate surface area is 138 Å². The lowest BCUT2D eigenvalue weighted by molar-refractivity contribution is -0.385. The molecule has 1 heterocycles. The highest BCUT2D eigenvalue weighted by Crippen LogP contribution is 2.36. The average Bonchev–Trinajstić information content (AvgIpc) is 2.55. The molecule has 3 rings (SSSR count). The Hall–Kier alpha value is -3.10. The Morgan fingerprint density at radius 1 is 1.16 bits per heavy atom. The van der Waals surface area contributed by atoms with Crippen LogP contribution in [0.5, 0.6) is 17.2 Å². The summed E-state index contributed by atoms with van der Waals surface area (Å²) >= 11 is 0. The first kappa shape index (κ1) is 16.7. The number of ether oxygens (including phenoxy) is 2. The second kappa shape index (κ2) is 6.08. The molecule has 0 amide bonds. The Morgan fingerprint density at radius 3 is 2.56 bits per heavy atom. The Morgan fingerprint density at radius 2 is 1.92 bits per heavy atom. The van der Waals surface area contributed by atoms with E-state index in [0.29, 0.717) is 11.6 Å². The second-order valence-electron chi connectivity index (χ2n) is 5.11. The first-order valence-electron chi connectivity index (χ1n) is 6.91. The van der Waals surface area contributed by atoms with E-state index in [4.69, 9.17) is 9.47 Å². The molecule has 2 aromatic rings. The topological polar surface area (TPSA) is 61.6 Å². The lowest BCUT2D eigenvalue weighted by Gasteiger charge is -2.23. The third-order valence-corrected chi connectivity index (χ3v) is 3.37. The zero-order valence-electron chi connectivity index (χ0n) is 12.3. The van der Waals surface area contributed by atoms with Crippen molar-refractivity contribution in [2.45, 2.75) is 12.3 Å². The molecular weight excluding hydrogens is 346 g/mol. The van der Waals surface area contributed by atoms with Crippen molar-refractivity contribution in [3.05, 3.63) is 64.0 Å². The summed E-state index contributed by atoms with van der Waals surface area (Å²) in [4.78, 5) is 9.82. The minimum atomic E-state index is -4.56. The first-order valence-corrected chi connectivity index (χ1v) is 6.91. The van der Waals surface area contributed by atoms with Crippen LogP contribution in [0.25, 0.3) is 6.08 Å². The molecule has 1 unspecified atom stereocenters. The summed E-state index contributed by atoms with van der Waals surface area (Å²) in [5.41, 5.74) is -0.0335. The summed E-state index contributed by atoms with van der Waals surface area (Å²) in [6, 6.07) is 6.87. The number of benzene rings is 2. The van der Waals surface area contributed by atoms with E-state index in [9.17, 15) is 27.7 Å². The van der Waals surface area contributed by atoms with E-state index in [1.165, 1.54) is 24.3 Å². The Kier molecular flexibility index (Phi) is 4.07. The molecule has 0 fully saturated rings. The monoisotopic (exact) mass is 355 g/mol. The van der Waals surface area contributed by atoms with Gasteiger partial charge in [-0.15, -0.1) is 0 Å². The molecule has 1 aliphatic heterocycles. The van der Waals surface area contributed by atoms with Gasteiger partial charge in [0.15, 0.2) is 11.6 Å². The van der Waals surface area contributed by atoms with Crippen LogP contribution in [-0.4, -0.2) is 17.2 Å². The van der Waals surface area contributed by atoms with Crippen LogP contribution in [0.15, 0.2) is 42.5 Å². The lowest BCUT2D eigenvalue weighted by atomic mass is 10.1. The van der Waals surface area contributed by atoms with Crippen LogP contribution in [0, 0.1) is 15.9 Å². The van der Waals surface area contributed by atoms with E-state index < -0.39 is 28.7 Å². The molecule has 5 nitrogen and oxygen atoms in total. The van der Waals surface area contributed by atoms with Crippen molar-refractivity contribution in [2.75, 3.05) is 0 Å². The summed E-state index contributed by atoms with van der Waals surface area (Å²) in [5.74, 6) is -1.31. The molecule has 0 aliphatic carbocycles. The van der Waals surface area contributed by atoms with Crippen molar-refractivity contribution in [1.29, 1.82) is 0 Å². The minimum absolute atomic E-state index is 0.0303. The van der Waals surface area contributed by atoms with Gasteiger partial charge < -0.3 is 9.47 Å². The number of non-ortho nitro benzene ring substituents is 1. The quantitative estimate of drug-likeness (QED) is 0.448. The molecule has 9 heteroatoms. The fourth-order valence-electron chi connectivity index (χ4n) is 2.17. The number of nitro groups is 1. The van der Waals surface area contributed by atoms with Gasteiger partial charge in [-0.2, -0.15) is 13.2 Å². The van der Waals surface area contributed by atoms with E-state index >= 15 is 0 Å². The molecule has 2 aromatic carbocycles. The number of alkyl halides is 3. The van der Waals surface area contributed by atoms with Gasteiger partial charge in [-0.25, -0.2) is 4.39 Å². The number of hydrogen-bond donors (Lipinski definition) is 0. The van der Waals surface area contributed by atoms with Crippen molar-refractivity contribution >= 4 is 11.8 Å². The van der Waals surface area contributed by atoms with Gasteiger partial charge in [0.2, 0.25) is 6.10 Å². The van der Waals surface area contributed by atoms with Gasteiger partial charge in [0.05, 0.1) is 11.0 Å². The normalized spacial score (nSPS) is 16.1. The largest absolute Gasteiger partial charge is 0.476 e. The summed E-state index contributed by atoms with van der Waals surface area (Å²) < 4.78 is 62.1. The number of hydrogen-bond acceptors (Lipinski definition) is 4. The van der Waals surface area contributed by atoms with Gasteiger partial charge in [-0.3, -0.25) is 10.1 Å². The molecule has 0 spiro atoms. The lowest BCUT2D eigenvalue weighted by Crippen LogP contribution is -2.33. The van der Waals surface area contributed by atoms with E-state index in [1.54, 1.807) is 0 Å². The third-order valence-electron chi connectivity index (χ3n) is 3.37. The van der Waals surface area contributed by atoms with Crippen molar-refractivity contribution < 1.29 is 32.0 Å². The number of halogens is 4. The van der Waals surface area contributed by atoms with E-state index in [-0.39, 0.29) is 17.2 Å². The van der Waals surface area contributed by atoms with Crippen LogP contribution >= 0.6 is 0 Å². The number of fused-ring (bicyclic) bond motifs is 1. The predicted octanol–water partition coefficient (Wildman–Crippen LogP) is 4.86. The molecule has 0 bridgehead atoms. The molecular formula is C16H9F4NO4. The summed E-state index contributed by atoms with van der Waals surface area (Å²) in [5, 5.41) is 10.6. The standard InChI is InChI=1S/C16H9F4NO4/c17-12-7-10(21(22)23)3-5-13(12)24-11-4-1-9-2-6-15(16(18,19)20)25-14(9)8-11/h1-8,15H. The van der Waals surface area contributed by atoms with Crippen LogP contribution in [0.1, 0.15) is 5.56 Å².